The quantitative estimate of drug-likeness (QED) is 0.676. The van der Waals surface area contributed by atoms with Crippen molar-refractivity contribution in [2.45, 2.75) is 6.42 Å². The van der Waals surface area contributed by atoms with E-state index in [1.165, 1.54) is 18.2 Å². The van der Waals surface area contributed by atoms with E-state index in [1.807, 2.05) is 0 Å². The van der Waals surface area contributed by atoms with E-state index in [9.17, 15) is 23.3 Å². The summed E-state index contributed by atoms with van der Waals surface area (Å²) in [4.78, 5) is 10.1. The lowest BCUT2D eigenvalue weighted by Gasteiger charge is -2.07. The summed E-state index contributed by atoms with van der Waals surface area (Å²) in [6.07, 6.45) is 0.267. The van der Waals surface area contributed by atoms with Crippen LogP contribution >= 0.6 is 0 Å². The molecule has 0 saturated carbocycles. The van der Waals surface area contributed by atoms with Crippen molar-refractivity contribution in [3.05, 3.63) is 69.5 Å². The minimum Gasteiger partial charge on any atom is -0.379 e. The van der Waals surface area contributed by atoms with Crippen LogP contribution in [0.3, 0.4) is 0 Å². The van der Waals surface area contributed by atoms with Gasteiger partial charge in [-0.05, 0) is 36.2 Å². The minimum atomic E-state index is -0.709. The van der Waals surface area contributed by atoms with E-state index in [4.69, 9.17) is 0 Å². The van der Waals surface area contributed by atoms with Crippen LogP contribution in [0.1, 0.15) is 5.56 Å². The Morgan fingerprint density at radius 2 is 1.67 bits per heavy atom. The van der Waals surface area contributed by atoms with Crippen LogP contribution in [0.2, 0.25) is 0 Å². The van der Waals surface area contributed by atoms with Crippen molar-refractivity contribution < 1.29 is 18.1 Å². The van der Waals surface area contributed by atoms with Gasteiger partial charge in [0.05, 0.1) is 11.0 Å². The third-order valence-electron chi connectivity index (χ3n) is 2.81. The normalized spacial score (nSPS) is 10.4. The maximum atomic E-state index is 13.0. The average molecular weight is 296 g/mol. The van der Waals surface area contributed by atoms with Crippen molar-refractivity contribution in [3.8, 4) is 0 Å². The van der Waals surface area contributed by atoms with Crippen molar-refractivity contribution in [2.75, 3.05) is 11.9 Å². The summed E-state index contributed by atoms with van der Waals surface area (Å²) in [5.74, 6) is -2.07. The largest absolute Gasteiger partial charge is 0.379 e. The van der Waals surface area contributed by atoms with Crippen molar-refractivity contribution in [1.82, 2.24) is 0 Å². The molecule has 0 atom stereocenters. The van der Waals surface area contributed by atoms with Gasteiger partial charge >= 0.3 is 0 Å². The monoisotopic (exact) mass is 296 g/mol. The molecule has 0 saturated heterocycles. The second-order valence-electron chi connectivity index (χ2n) is 4.37. The van der Waals surface area contributed by atoms with Gasteiger partial charge in [-0.15, -0.1) is 0 Å². The van der Waals surface area contributed by atoms with Gasteiger partial charge in [-0.25, -0.2) is 13.2 Å². The number of halogens is 3. The second-order valence-corrected chi connectivity index (χ2v) is 4.37. The Morgan fingerprint density at radius 1 is 1.00 bits per heavy atom. The highest BCUT2D eigenvalue weighted by Crippen LogP contribution is 2.24. The molecule has 0 unspecified atom stereocenters. The molecule has 2 rings (SSSR count). The summed E-state index contributed by atoms with van der Waals surface area (Å²) in [5, 5.41) is 13.6. The lowest BCUT2D eigenvalue weighted by atomic mass is 10.1. The summed E-state index contributed by atoms with van der Waals surface area (Å²) >= 11 is 0. The van der Waals surface area contributed by atoms with Crippen LogP contribution in [0.15, 0.2) is 36.4 Å². The third-order valence-corrected chi connectivity index (χ3v) is 2.81. The SMILES string of the molecule is O=[N+]([O-])c1cc(F)ccc1NCCc1cc(F)cc(F)c1. The fourth-order valence-corrected chi connectivity index (χ4v) is 1.90. The number of anilines is 1. The standard InChI is InChI=1S/C14H11F3N2O2/c15-10-1-2-13(14(8-10)19(20)21)18-4-3-9-5-11(16)7-12(17)6-9/h1-2,5-8,18H,3-4H2. The topological polar surface area (TPSA) is 55.2 Å². The van der Waals surface area contributed by atoms with Crippen LogP contribution < -0.4 is 5.32 Å². The number of hydrogen-bond acceptors (Lipinski definition) is 3. The molecule has 4 nitrogen and oxygen atoms in total. The Hall–Kier alpha value is -2.57. The predicted molar refractivity (Wildman–Crippen MR) is 71.6 cm³/mol. The van der Waals surface area contributed by atoms with E-state index in [1.54, 1.807) is 0 Å². The van der Waals surface area contributed by atoms with Gasteiger partial charge in [0.2, 0.25) is 0 Å². The molecule has 0 bridgehead atoms. The Labute approximate surface area is 118 Å². The number of hydrogen-bond donors (Lipinski definition) is 1. The first-order valence-corrected chi connectivity index (χ1v) is 6.08. The molecule has 2 aromatic rings. The van der Waals surface area contributed by atoms with E-state index in [0.717, 1.165) is 18.2 Å². The highest BCUT2D eigenvalue weighted by molar-refractivity contribution is 5.61. The van der Waals surface area contributed by atoms with E-state index in [-0.39, 0.29) is 24.3 Å². The molecule has 21 heavy (non-hydrogen) atoms. The zero-order valence-corrected chi connectivity index (χ0v) is 10.8. The number of nitro groups is 1. The molecule has 0 aliphatic heterocycles. The molecule has 0 aromatic heterocycles. The molecule has 110 valence electrons. The molecule has 0 aliphatic rings. The van der Waals surface area contributed by atoms with Gasteiger partial charge < -0.3 is 5.32 Å². The van der Waals surface area contributed by atoms with E-state index in [0.29, 0.717) is 5.56 Å². The van der Waals surface area contributed by atoms with Crippen molar-refractivity contribution in [1.29, 1.82) is 0 Å². The van der Waals surface area contributed by atoms with E-state index >= 15 is 0 Å². The first-order valence-electron chi connectivity index (χ1n) is 6.08. The van der Waals surface area contributed by atoms with Gasteiger partial charge in [-0.3, -0.25) is 10.1 Å². The number of nitro benzene ring substituents is 1. The molecule has 0 spiro atoms. The molecule has 0 aliphatic carbocycles. The Morgan fingerprint density at radius 3 is 2.29 bits per heavy atom. The van der Waals surface area contributed by atoms with Gasteiger partial charge in [0.15, 0.2) is 0 Å². The molecular weight excluding hydrogens is 285 g/mol. The molecule has 2 aromatic carbocycles. The van der Waals surface area contributed by atoms with Crippen molar-refractivity contribution in [2.24, 2.45) is 0 Å². The summed E-state index contributed by atoms with van der Waals surface area (Å²) in [7, 11) is 0. The van der Waals surface area contributed by atoms with E-state index in [2.05, 4.69) is 5.32 Å². The smallest absolute Gasteiger partial charge is 0.295 e. The number of nitrogens with one attached hydrogen (secondary N) is 1. The molecule has 1 N–H and O–H groups in total. The lowest BCUT2D eigenvalue weighted by Crippen LogP contribution is -2.07. The van der Waals surface area contributed by atoms with Crippen LogP contribution in [-0.4, -0.2) is 11.5 Å². The summed E-state index contributed by atoms with van der Waals surface area (Å²) in [6, 6.07) is 6.29. The van der Waals surface area contributed by atoms with Crippen LogP contribution in [-0.2, 0) is 6.42 Å². The second kappa shape index (κ2) is 6.25. The van der Waals surface area contributed by atoms with Crippen LogP contribution in [0.4, 0.5) is 24.5 Å². The Balaban J connectivity index is 2.05. The maximum absolute atomic E-state index is 13.0. The molecule has 0 fully saturated rings. The van der Waals surface area contributed by atoms with E-state index < -0.39 is 22.4 Å². The van der Waals surface area contributed by atoms with Crippen molar-refractivity contribution in [3.63, 3.8) is 0 Å². The third kappa shape index (κ3) is 3.95. The van der Waals surface area contributed by atoms with Gasteiger partial charge in [0, 0.05) is 12.6 Å². The zero-order chi connectivity index (χ0) is 15.4. The number of rotatable bonds is 5. The molecule has 7 heteroatoms. The Kier molecular flexibility index (Phi) is 4.42. The Bertz CT molecular complexity index is 657. The fraction of sp³-hybridized carbons (Fsp3) is 0.143. The van der Waals surface area contributed by atoms with Gasteiger partial charge in [0.1, 0.15) is 23.1 Å². The lowest BCUT2D eigenvalue weighted by molar-refractivity contribution is -0.384. The molecule has 0 radical (unpaired) electrons. The summed E-state index contributed by atoms with van der Waals surface area (Å²) in [5.41, 5.74) is 0.184. The molecule has 0 amide bonds. The van der Waals surface area contributed by atoms with Gasteiger partial charge in [0.25, 0.3) is 5.69 Å². The maximum Gasteiger partial charge on any atom is 0.295 e. The summed E-state index contributed by atoms with van der Waals surface area (Å²) in [6.45, 7) is 0.218. The first kappa shape index (κ1) is 14.8. The van der Waals surface area contributed by atoms with Crippen LogP contribution in [0.25, 0.3) is 0 Å². The minimum absolute atomic E-state index is 0.151. The van der Waals surface area contributed by atoms with Crippen molar-refractivity contribution >= 4 is 11.4 Å². The van der Waals surface area contributed by atoms with Gasteiger partial charge in [-0.2, -0.15) is 0 Å². The number of benzene rings is 2. The van der Waals surface area contributed by atoms with Gasteiger partial charge in [-0.1, -0.05) is 0 Å². The van der Waals surface area contributed by atoms with Crippen LogP contribution in [0, 0.1) is 27.6 Å². The number of nitrogens with zero attached hydrogens (tertiary/aromatic N) is 1. The molecular formula is C14H11F3N2O2. The van der Waals surface area contributed by atoms with Crippen LogP contribution in [0.5, 0.6) is 0 Å². The molecule has 0 heterocycles. The average Bonchev–Trinajstić information content (AvgIpc) is 2.39. The zero-order valence-electron chi connectivity index (χ0n) is 10.8. The highest BCUT2D eigenvalue weighted by atomic mass is 19.1. The summed E-state index contributed by atoms with van der Waals surface area (Å²) < 4.78 is 39.0. The highest BCUT2D eigenvalue weighted by Gasteiger charge is 2.14. The predicted octanol–water partition coefficient (Wildman–Crippen LogP) is 3.67. The first-order chi connectivity index (χ1) is 9.95. The fourth-order valence-electron chi connectivity index (χ4n) is 1.90.